The van der Waals surface area contributed by atoms with Crippen LogP contribution in [-0.2, 0) is 11.2 Å². The fraction of sp³-hybridized carbons (Fsp3) is 0.385. The average Bonchev–Trinajstić information content (AvgIpc) is 3.26. The number of likely N-dealkylation sites (tertiary alicyclic amines) is 1. The number of aromatic nitrogens is 2. The van der Waals surface area contributed by atoms with Crippen LogP contribution in [0.25, 0.3) is 0 Å². The van der Waals surface area contributed by atoms with Crippen LogP contribution in [0.1, 0.15) is 33.6 Å². The normalized spacial score (nSPS) is 16.9. The SMILES string of the molecule is Cc1ccsc1C(=O)N1CCC(Cc2ccc(NC(=O)C3CN(c4cccnn4)C3)cc2)CC1. The molecule has 2 fully saturated rings. The highest BCUT2D eigenvalue weighted by Crippen LogP contribution is 2.26. The Morgan fingerprint density at radius 2 is 1.85 bits per heavy atom. The zero-order chi connectivity index (χ0) is 23.5. The molecule has 0 aliphatic carbocycles. The van der Waals surface area contributed by atoms with E-state index in [4.69, 9.17) is 0 Å². The third-order valence-electron chi connectivity index (χ3n) is 6.84. The van der Waals surface area contributed by atoms with Crippen LogP contribution in [0.15, 0.2) is 54.0 Å². The Balaban J connectivity index is 1.07. The summed E-state index contributed by atoms with van der Waals surface area (Å²) >= 11 is 1.54. The first kappa shape index (κ1) is 22.5. The van der Waals surface area contributed by atoms with Crippen molar-refractivity contribution in [2.75, 3.05) is 36.4 Å². The topological polar surface area (TPSA) is 78.4 Å². The molecule has 2 saturated heterocycles. The van der Waals surface area contributed by atoms with Crippen molar-refractivity contribution in [2.45, 2.75) is 26.2 Å². The number of hydrogen-bond donors (Lipinski definition) is 1. The van der Waals surface area contributed by atoms with Crippen LogP contribution in [-0.4, -0.2) is 53.1 Å². The summed E-state index contributed by atoms with van der Waals surface area (Å²) in [4.78, 5) is 30.2. The lowest BCUT2D eigenvalue weighted by molar-refractivity contribution is -0.120. The van der Waals surface area contributed by atoms with Crippen molar-refractivity contribution >= 4 is 34.7 Å². The first-order valence-corrected chi connectivity index (χ1v) is 12.7. The largest absolute Gasteiger partial charge is 0.353 e. The number of carbonyl (C=O) groups is 2. The molecule has 1 N–H and O–H groups in total. The summed E-state index contributed by atoms with van der Waals surface area (Å²) in [5.74, 6) is 1.58. The van der Waals surface area contributed by atoms with Gasteiger partial charge in [-0.2, -0.15) is 5.10 Å². The molecule has 2 amide bonds. The molecule has 2 aliphatic heterocycles. The Morgan fingerprint density at radius 1 is 1.09 bits per heavy atom. The van der Waals surface area contributed by atoms with Crippen LogP contribution in [0.5, 0.6) is 0 Å². The van der Waals surface area contributed by atoms with Gasteiger partial charge in [-0.05, 0) is 78.9 Å². The van der Waals surface area contributed by atoms with Gasteiger partial charge in [0, 0.05) is 38.1 Å². The molecule has 4 heterocycles. The van der Waals surface area contributed by atoms with E-state index in [0.29, 0.717) is 19.0 Å². The molecule has 0 atom stereocenters. The van der Waals surface area contributed by atoms with Crippen LogP contribution in [0.2, 0.25) is 0 Å². The van der Waals surface area contributed by atoms with E-state index in [2.05, 4.69) is 32.5 Å². The highest BCUT2D eigenvalue weighted by molar-refractivity contribution is 7.12. The highest BCUT2D eigenvalue weighted by atomic mass is 32.1. The van der Waals surface area contributed by atoms with Gasteiger partial charge in [0.25, 0.3) is 5.91 Å². The van der Waals surface area contributed by atoms with Gasteiger partial charge in [0.05, 0.1) is 10.8 Å². The Bertz CT molecular complexity index is 1130. The number of aryl methyl sites for hydroxylation is 1. The van der Waals surface area contributed by atoms with Crippen molar-refractivity contribution in [3.05, 3.63) is 70.0 Å². The number of piperidine rings is 1. The Morgan fingerprint density at radius 3 is 2.50 bits per heavy atom. The minimum Gasteiger partial charge on any atom is -0.353 e. The fourth-order valence-corrected chi connectivity index (χ4v) is 5.56. The Hall–Kier alpha value is -3.26. The molecule has 8 heteroatoms. The molecule has 7 nitrogen and oxygen atoms in total. The van der Waals surface area contributed by atoms with E-state index in [0.717, 1.165) is 54.3 Å². The first-order valence-electron chi connectivity index (χ1n) is 11.8. The number of carbonyl (C=O) groups excluding carboxylic acids is 2. The summed E-state index contributed by atoms with van der Waals surface area (Å²) in [6.45, 7) is 4.97. The predicted octanol–water partition coefficient (Wildman–Crippen LogP) is 4.02. The fourth-order valence-electron chi connectivity index (χ4n) is 4.67. The van der Waals surface area contributed by atoms with Crippen LogP contribution in [0.3, 0.4) is 0 Å². The maximum absolute atomic E-state index is 12.7. The van der Waals surface area contributed by atoms with Crippen LogP contribution in [0, 0.1) is 18.8 Å². The second kappa shape index (κ2) is 9.93. The molecule has 3 aromatic rings. The second-order valence-electron chi connectivity index (χ2n) is 9.24. The molecule has 0 saturated carbocycles. The van der Waals surface area contributed by atoms with Crippen molar-refractivity contribution in [3.63, 3.8) is 0 Å². The smallest absolute Gasteiger partial charge is 0.264 e. The molecule has 0 radical (unpaired) electrons. The quantitative estimate of drug-likeness (QED) is 0.583. The molecule has 0 bridgehead atoms. The molecule has 1 aromatic carbocycles. The predicted molar refractivity (Wildman–Crippen MR) is 134 cm³/mol. The molecular formula is C26H29N5O2S. The number of hydrogen-bond acceptors (Lipinski definition) is 6. The van der Waals surface area contributed by atoms with Crippen molar-refractivity contribution < 1.29 is 9.59 Å². The number of amides is 2. The average molecular weight is 476 g/mol. The van der Waals surface area contributed by atoms with E-state index < -0.39 is 0 Å². The zero-order valence-electron chi connectivity index (χ0n) is 19.3. The molecule has 34 heavy (non-hydrogen) atoms. The molecule has 2 aromatic heterocycles. The number of thiophene rings is 1. The second-order valence-corrected chi connectivity index (χ2v) is 10.2. The van der Waals surface area contributed by atoms with Gasteiger partial charge in [0.2, 0.25) is 5.91 Å². The summed E-state index contributed by atoms with van der Waals surface area (Å²) in [5, 5.41) is 13.0. The van der Waals surface area contributed by atoms with Gasteiger partial charge >= 0.3 is 0 Å². The zero-order valence-corrected chi connectivity index (χ0v) is 20.1. The number of rotatable bonds is 6. The minimum atomic E-state index is -0.0347. The third-order valence-corrected chi connectivity index (χ3v) is 7.84. The highest BCUT2D eigenvalue weighted by Gasteiger charge is 2.33. The molecule has 176 valence electrons. The number of benzene rings is 1. The number of nitrogens with one attached hydrogen (secondary N) is 1. The van der Waals surface area contributed by atoms with E-state index in [1.54, 1.807) is 6.20 Å². The van der Waals surface area contributed by atoms with E-state index >= 15 is 0 Å². The van der Waals surface area contributed by atoms with Crippen LogP contribution >= 0.6 is 11.3 Å². The molecule has 0 spiro atoms. The van der Waals surface area contributed by atoms with Gasteiger partial charge in [0.1, 0.15) is 0 Å². The van der Waals surface area contributed by atoms with Crippen molar-refractivity contribution in [2.24, 2.45) is 11.8 Å². The minimum absolute atomic E-state index is 0.0347. The standard InChI is InChI=1S/C26H29N5O2S/c1-18-10-14-34-24(18)26(33)30-12-8-20(9-13-30)15-19-4-6-22(7-5-19)28-25(32)21-16-31(17-21)23-3-2-11-27-29-23/h2-7,10-11,14,20-21H,8-9,12-13,15-17H2,1H3,(H,28,32). The monoisotopic (exact) mass is 475 g/mol. The van der Waals surface area contributed by atoms with E-state index in [9.17, 15) is 9.59 Å². The Kier molecular flexibility index (Phi) is 6.58. The van der Waals surface area contributed by atoms with E-state index in [1.165, 1.54) is 16.9 Å². The van der Waals surface area contributed by atoms with Gasteiger partial charge in [-0.1, -0.05) is 12.1 Å². The summed E-state index contributed by atoms with van der Waals surface area (Å²) in [6.07, 6.45) is 4.70. The Labute approximate surface area is 203 Å². The molecule has 0 unspecified atom stereocenters. The summed E-state index contributed by atoms with van der Waals surface area (Å²) < 4.78 is 0. The molecular weight excluding hydrogens is 446 g/mol. The van der Waals surface area contributed by atoms with Crippen LogP contribution < -0.4 is 10.2 Å². The van der Waals surface area contributed by atoms with Gasteiger partial charge < -0.3 is 15.1 Å². The lowest BCUT2D eigenvalue weighted by atomic mass is 9.90. The summed E-state index contributed by atoms with van der Waals surface area (Å²) in [7, 11) is 0. The maximum atomic E-state index is 12.7. The number of anilines is 2. The van der Waals surface area contributed by atoms with Gasteiger partial charge in [-0.3, -0.25) is 9.59 Å². The van der Waals surface area contributed by atoms with E-state index in [-0.39, 0.29) is 17.7 Å². The van der Waals surface area contributed by atoms with Gasteiger partial charge in [-0.15, -0.1) is 16.4 Å². The molecule has 2 aliphatic rings. The van der Waals surface area contributed by atoms with E-state index in [1.807, 2.05) is 47.5 Å². The summed E-state index contributed by atoms with van der Waals surface area (Å²) in [6, 6.07) is 14.0. The third kappa shape index (κ3) is 4.97. The summed E-state index contributed by atoms with van der Waals surface area (Å²) in [5.41, 5.74) is 3.18. The van der Waals surface area contributed by atoms with Gasteiger partial charge in [0.15, 0.2) is 5.82 Å². The van der Waals surface area contributed by atoms with Crippen molar-refractivity contribution in [1.82, 2.24) is 15.1 Å². The molecule has 5 rings (SSSR count). The van der Waals surface area contributed by atoms with Crippen LogP contribution in [0.4, 0.5) is 11.5 Å². The number of nitrogens with zero attached hydrogens (tertiary/aromatic N) is 4. The first-order chi connectivity index (χ1) is 16.6. The van der Waals surface area contributed by atoms with Crippen molar-refractivity contribution in [1.29, 1.82) is 0 Å². The van der Waals surface area contributed by atoms with Gasteiger partial charge in [-0.25, -0.2) is 0 Å². The maximum Gasteiger partial charge on any atom is 0.264 e. The lowest BCUT2D eigenvalue weighted by Crippen LogP contribution is -2.52. The lowest BCUT2D eigenvalue weighted by Gasteiger charge is -2.38. The van der Waals surface area contributed by atoms with Crippen molar-refractivity contribution in [3.8, 4) is 0 Å².